The van der Waals surface area contributed by atoms with Gasteiger partial charge in [-0.25, -0.2) is 4.98 Å². The van der Waals surface area contributed by atoms with Crippen molar-refractivity contribution in [3.05, 3.63) is 59.0 Å². The molecular formula is C21H17N7OS. The van der Waals surface area contributed by atoms with Gasteiger partial charge < -0.3 is 10.5 Å². The minimum Gasteiger partial charge on any atom is -0.383 e. The maximum Gasteiger partial charge on any atom is 0.143 e. The van der Waals surface area contributed by atoms with Crippen molar-refractivity contribution in [2.75, 3.05) is 18.9 Å². The monoisotopic (exact) mass is 415 g/mol. The predicted octanol–water partition coefficient (Wildman–Crippen LogP) is 3.06. The van der Waals surface area contributed by atoms with Gasteiger partial charge in [0.1, 0.15) is 28.5 Å². The highest BCUT2D eigenvalue weighted by Gasteiger charge is 2.23. The van der Waals surface area contributed by atoms with E-state index in [0.29, 0.717) is 34.6 Å². The van der Waals surface area contributed by atoms with E-state index >= 15 is 0 Å². The highest BCUT2D eigenvalue weighted by Crippen LogP contribution is 2.36. The Morgan fingerprint density at radius 2 is 2.07 bits per heavy atom. The maximum absolute atomic E-state index is 9.87. The van der Waals surface area contributed by atoms with Gasteiger partial charge in [0.15, 0.2) is 0 Å². The molecule has 3 aromatic heterocycles. The molecule has 0 aliphatic carbocycles. The summed E-state index contributed by atoms with van der Waals surface area (Å²) in [6.45, 7) is 1.43. The molecule has 8 nitrogen and oxygen atoms in total. The molecule has 1 saturated heterocycles. The SMILES string of the molecule is N#Cc1c(N)nc(SCc2cccnn2)c(C#N)c1-c1ccc(C2CCOC2)cn1. The molecule has 3 aromatic rings. The molecule has 0 radical (unpaired) electrons. The van der Waals surface area contributed by atoms with Crippen molar-refractivity contribution in [1.29, 1.82) is 10.5 Å². The van der Waals surface area contributed by atoms with Crippen LogP contribution in [0.15, 0.2) is 41.7 Å². The van der Waals surface area contributed by atoms with Gasteiger partial charge in [0.25, 0.3) is 0 Å². The van der Waals surface area contributed by atoms with E-state index in [4.69, 9.17) is 10.5 Å². The summed E-state index contributed by atoms with van der Waals surface area (Å²) in [6.07, 6.45) is 4.33. The van der Waals surface area contributed by atoms with Crippen molar-refractivity contribution in [2.45, 2.75) is 23.1 Å². The highest BCUT2D eigenvalue weighted by molar-refractivity contribution is 7.98. The lowest BCUT2D eigenvalue weighted by atomic mass is 9.97. The number of aromatic nitrogens is 4. The quantitative estimate of drug-likeness (QED) is 0.624. The zero-order valence-electron chi connectivity index (χ0n) is 15.9. The molecule has 0 bridgehead atoms. The Bertz CT molecular complexity index is 1130. The van der Waals surface area contributed by atoms with Crippen LogP contribution in [0.5, 0.6) is 0 Å². The van der Waals surface area contributed by atoms with E-state index in [2.05, 4.69) is 32.3 Å². The van der Waals surface area contributed by atoms with Crippen LogP contribution in [-0.4, -0.2) is 33.4 Å². The minimum absolute atomic E-state index is 0.0724. The molecule has 148 valence electrons. The van der Waals surface area contributed by atoms with Gasteiger partial charge in [-0.15, -0.1) is 0 Å². The van der Waals surface area contributed by atoms with E-state index in [1.54, 1.807) is 18.5 Å². The molecule has 4 heterocycles. The van der Waals surface area contributed by atoms with Gasteiger partial charge in [0, 0.05) is 36.2 Å². The average molecular weight is 415 g/mol. The molecule has 4 rings (SSSR count). The predicted molar refractivity (Wildman–Crippen MR) is 111 cm³/mol. The Morgan fingerprint density at radius 3 is 2.70 bits per heavy atom. The fraction of sp³-hybridized carbons (Fsp3) is 0.238. The fourth-order valence-corrected chi connectivity index (χ4v) is 4.20. The Hall–Kier alpha value is -3.53. The Morgan fingerprint density at radius 1 is 1.20 bits per heavy atom. The van der Waals surface area contributed by atoms with Crippen molar-refractivity contribution in [3.63, 3.8) is 0 Å². The molecule has 1 atom stereocenters. The first kappa shape index (κ1) is 19.8. The number of thioether (sulfide) groups is 1. The highest BCUT2D eigenvalue weighted by atomic mass is 32.2. The molecule has 0 saturated carbocycles. The molecule has 1 aliphatic rings. The Kier molecular flexibility index (Phi) is 5.84. The molecule has 1 unspecified atom stereocenters. The number of nitrogens with two attached hydrogens (primary N) is 1. The number of rotatable bonds is 5. The van der Waals surface area contributed by atoms with Crippen molar-refractivity contribution >= 4 is 17.6 Å². The van der Waals surface area contributed by atoms with Crippen LogP contribution >= 0.6 is 11.8 Å². The van der Waals surface area contributed by atoms with Gasteiger partial charge in [-0.2, -0.15) is 20.7 Å². The number of pyridine rings is 2. The van der Waals surface area contributed by atoms with Gasteiger partial charge in [-0.3, -0.25) is 4.98 Å². The summed E-state index contributed by atoms with van der Waals surface area (Å²) in [4.78, 5) is 8.84. The molecule has 0 aromatic carbocycles. The summed E-state index contributed by atoms with van der Waals surface area (Å²) in [5.74, 6) is 0.857. The van der Waals surface area contributed by atoms with Gasteiger partial charge >= 0.3 is 0 Å². The van der Waals surface area contributed by atoms with E-state index in [9.17, 15) is 10.5 Å². The normalized spacial score (nSPS) is 15.5. The van der Waals surface area contributed by atoms with Crippen LogP contribution in [0.4, 0.5) is 5.82 Å². The second kappa shape index (κ2) is 8.87. The molecule has 2 N–H and O–H groups in total. The Labute approximate surface area is 177 Å². The van der Waals surface area contributed by atoms with Crippen molar-refractivity contribution in [1.82, 2.24) is 20.2 Å². The van der Waals surface area contributed by atoms with Gasteiger partial charge in [-0.05, 0) is 30.2 Å². The topological polar surface area (TPSA) is 134 Å². The first-order chi connectivity index (χ1) is 14.7. The lowest BCUT2D eigenvalue weighted by Gasteiger charge is -2.13. The van der Waals surface area contributed by atoms with E-state index in [1.165, 1.54) is 11.8 Å². The third-order valence-corrected chi connectivity index (χ3v) is 5.85. The maximum atomic E-state index is 9.87. The molecule has 1 aliphatic heterocycles. The molecular weight excluding hydrogens is 398 g/mol. The molecule has 30 heavy (non-hydrogen) atoms. The van der Waals surface area contributed by atoms with Crippen LogP contribution in [0.25, 0.3) is 11.3 Å². The second-order valence-electron chi connectivity index (χ2n) is 6.69. The summed E-state index contributed by atoms with van der Waals surface area (Å²) in [5, 5.41) is 27.9. The third kappa shape index (κ3) is 3.94. The van der Waals surface area contributed by atoms with Gasteiger partial charge in [-0.1, -0.05) is 17.8 Å². The number of ether oxygens (including phenoxy) is 1. The number of nitriles is 2. The second-order valence-corrected chi connectivity index (χ2v) is 7.66. The van der Waals surface area contributed by atoms with Gasteiger partial charge in [0.05, 0.1) is 23.6 Å². The van der Waals surface area contributed by atoms with Gasteiger partial charge in [0.2, 0.25) is 0 Å². The lowest BCUT2D eigenvalue weighted by Crippen LogP contribution is -2.05. The first-order valence-corrected chi connectivity index (χ1v) is 10.3. The number of hydrogen-bond acceptors (Lipinski definition) is 9. The molecule has 0 spiro atoms. The summed E-state index contributed by atoms with van der Waals surface area (Å²) in [6, 6.07) is 11.7. The molecule has 1 fully saturated rings. The third-order valence-electron chi connectivity index (χ3n) is 4.84. The number of nitrogens with zero attached hydrogens (tertiary/aromatic N) is 6. The number of anilines is 1. The van der Waals surface area contributed by atoms with Crippen LogP contribution in [0.2, 0.25) is 0 Å². The van der Waals surface area contributed by atoms with Crippen molar-refractivity contribution in [3.8, 4) is 23.4 Å². The van der Waals surface area contributed by atoms with Crippen molar-refractivity contribution in [2.24, 2.45) is 0 Å². The van der Waals surface area contributed by atoms with Crippen molar-refractivity contribution < 1.29 is 4.74 Å². The summed E-state index contributed by atoms with van der Waals surface area (Å²) >= 11 is 1.32. The fourth-order valence-electron chi connectivity index (χ4n) is 3.30. The first-order valence-electron chi connectivity index (χ1n) is 9.28. The van der Waals surface area contributed by atoms with Crippen LogP contribution in [0.3, 0.4) is 0 Å². The molecule has 9 heteroatoms. The van der Waals surface area contributed by atoms with E-state index < -0.39 is 0 Å². The summed E-state index contributed by atoms with van der Waals surface area (Å²) < 4.78 is 5.44. The van der Waals surface area contributed by atoms with Crippen LogP contribution in [0, 0.1) is 22.7 Å². The van der Waals surface area contributed by atoms with Crippen LogP contribution in [-0.2, 0) is 10.5 Å². The number of hydrogen-bond donors (Lipinski definition) is 1. The van der Waals surface area contributed by atoms with Crippen LogP contribution in [0.1, 0.15) is 34.7 Å². The average Bonchev–Trinajstić information content (AvgIpc) is 3.33. The summed E-state index contributed by atoms with van der Waals surface area (Å²) in [7, 11) is 0. The lowest BCUT2D eigenvalue weighted by molar-refractivity contribution is 0.194. The van der Waals surface area contributed by atoms with E-state index in [0.717, 1.165) is 24.3 Å². The van der Waals surface area contributed by atoms with E-state index in [1.807, 2.05) is 18.2 Å². The summed E-state index contributed by atoms with van der Waals surface area (Å²) in [5.41, 5.74) is 9.24. The standard InChI is InChI=1S/C21H17N7OS/c22-8-16-19(18-4-3-13(10-25-18)14-5-7-29-11-14)17(9-23)21(27-20(16)24)30-12-15-2-1-6-26-28-15/h1-4,6,10,14H,5,7,11-12H2,(H2,24,27). The largest absolute Gasteiger partial charge is 0.383 e. The van der Waals surface area contributed by atoms with Crippen LogP contribution < -0.4 is 5.73 Å². The number of nitrogen functional groups attached to an aromatic ring is 1. The smallest absolute Gasteiger partial charge is 0.143 e. The van der Waals surface area contributed by atoms with E-state index in [-0.39, 0.29) is 16.9 Å². The minimum atomic E-state index is 0.0724. The molecule has 0 amide bonds. The zero-order chi connectivity index (χ0) is 20.9. The Balaban J connectivity index is 1.73. The zero-order valence-corrected chi connectivity index (χ0v) is 16.8.